The predicted octanol–water partition coefficient (Wildman–Crippen LogP) is 4.04. The van der Waals surface area contributed by atoms with Gasteiger partial charge < -0.3 is 10.1 Å². The molecule has 0 aliphatic heterocycles. The molecular weight excluding hydrogens is 425 g/mol. The van der Waals surface area contributed by atoms with Crippen LogP contribution in [-0.4, -0.2) is 32.2 Å². The van der Waals surface area contributed by atoms with Gasteiger partial charge in [-0.3, -0.25) is 9.59 Å². The van der Waals surface area contributed by atoms with Crippen molar-refractivity contribution in [2.45, 2.75) is 31.3 Å². The second-order valence-electron chi connectivity index (χ2n) is 6.10. The van der Waals surface area contributed by atoms with E-state index in [-0.39, 0.29) is 27.0 Å². The number of carbonyl (C=O) groups excluding carboxylic acids is 2. The van der Waals surface area contributed by atoms with Crippen molar-refractivity contribution < 1.29 is 22.7 Å². The summed E-state index contributed by atoms with van der Waals surface area (Å²) in [6.07, 6.45) is -1.50. The molecule has 6 nitrogen and oxygen atoms in total. The zero-order chi connectivity index (χ0) is 20.9. The fraction of sp³-hybridized carbons (Fsp3) is 0.263. The van der Waals surface area contributed by atoms with E-state index in [0.717, 1.165) is 5.56 Å². The molecule has 2 aromatic carbocycles. The summed E-state index contributed by atoms with van der Waals surface area (Å²) in [6.45, 7) is 3.22. The minimum Gasteiger partial charge on any atom is -0.453 e. The smallest absolute Gasteiger partial charge is 0.307 e. The van der Waals surface area contributed by atoms with E-state index in [4.69, 9.17) is 27.9 Å². The summed E-state index contributed by atoms with van der Waals surface area (Å²) in [6, 6.07) is 11.1. The number of rotatable bonds is 7. The lowest BCUT2D eigenvalue weighted by Gasteiger charge is -2.14. The molecule has 0 bridgehead atoms. The van der Waals surface area contributed by atoms with Crippen LogP contribution in [0.2, 0.25) is 10.0 Å². The monoisotopic (exact) mass is 443 g/mol. The normalized spacial score (nSPS) is 12.3. The highest BCUT2D eigenvalue weighted by Gasteiger charge is 2.22. The van der Waals surface area contributed by atoms with E-state index in [1.54, 1.807) is 30.3 Å². The van der Waals surface area contributed by atoms with Gasteiger partial charge in [0.15, 0.2) is 15.9 Å². The zero-order valence-corrected chi connectivity index (χ0v) is 17.6. The highest BCUT2D eigenvalue weighted by atomic mass is 35.5. The number of sulfone groups is 1. The quantitative estimate of drug-likeness (QED) is 0.652. The fourth-order valence-electron chi connectivity index (χ4n) is 2.23. The maximum Gasteiger partial charge on any atom is 0.307 e. The van der Waals surface area contributed by atoms with Crippen LogP contribution < -0.4 is 5.32 Å². The Labute approximate surface area is 173 Å². The molecule has 0 saturated carbocycles. The molecule has 2 rings (SSSR count). The van der Waals surface area contributed by atoms with E-state index >= 15 is 0 Å². The van der Waals surface area contributed by atoms with Crippen molar-refractivity contribution in [2.75, 3.05) is 11.1 Å². The summed E-state index contributed by atoms with van der Waals surface area (Å²) in [7, 11) is -3.62. The molecule has 9 heteroatoms. The average molecular weight is 444 g/mol. The van der Waals surface area contributed by atoms with Crippen molar-refractivity contribution in [3.8, 4) is 0 Å². The minimum absolute atomic E-state index is 0.132. The summed E-state index contributed by atoms with van der Waals surface area (Å²) in [5.74, 6) is -1.82. The number of amides is 1. The summed E-state index contributed by atoms with van der Waals surface area (Å²) in [5.41, 5.74) is 1.21. The first-order valence-corrected chi connectivity index (χ1v) is 10.7. The number of ether oxygens (including phenoxy) is 1. The molecule has 1 amide bonds. The van der Waals surface area contributed by atoms with Crippen molar-refractivity contribution in [2.24, 2.45) is 0 Å². The van der Waals surface area contributed by atoms with E-state index in [0.29, 0.717) is 0 Å². The Balaban J connectivity index is 1.90. The summed E-state index contributed by atoms with van der Waals surface area (Å²) >= 11 is 11.9. The molecule has 0 aliphatic carbocycles. The van der Waals surface area contributed by atoms with E-state index in [1.165, 1.54) is 19.1 Å². The third-order valence-electron chi connectivity index (χ3n) is 3.84. The Hall–Kier alpha value is -2.09. The van der Waals surface area contributed by atoms with Gasteiger partial charge in [0.1, 0.15) is 0 Å². The Morgan fingerprint density at radius 2 is 1.75 bits per heavy atom. The van der Waals surface area contributed by atoms with Crippen LogP contribution in [0.1, 0.15) is 18.9 Å². The number of halogens is 2. The van der Waals surface area contributed by atoms with E-state index in [1.807, 2.05) is 6.92 Å². The number of nitrogens with one attached hydrogen (secondary N) is 1. The van der Waals surface area contributed by atoms with E-state index < -0.39 is 33.6 Å². The van der Waals surface area contributed by atoms with Crippen LogP contribution in [0.4, 0.5) is 5.69 Å². The molecule has 0 saturated heterocycles. The predicted molar refractivity (Wildman–Crippen MR) is 108 cm³/mol. The van der Waals surface area contributed by atoms with Crippen molar-refractivity contribution in [1.82, 2.24) is 0 Å². The molecule has 1 atom stereocenters. The molecule has 0 radical (unpaired) electrons. The van der Waals surface area contributed by atoms with Gasteiger partial charge in [-0.25, -0.2) is 8.42 Å². The largest absolute Gasteiger partial charge is 0.453 e. The number of aryl methyl sites for hydroxylation is 1. The standard InChI is InChI=1S/C19H19Cl2NO5S/c1-12-6-8-14(9-7-12)28(25,26)11-10-17(23)27-13(2)19(24)22-16-5-3-4-15(20)18(16)21/h3-9,13H,10-11H2,1-2H3,(H,22,24). The zero-order valence-electron chi connectivity index (χ0n) is 15.2. The van der Waals surface area contributed by atoms with Crippen molar-refractivity contribution in [1.29, 1.82) is 0 Å². The molecule has 2 aromatic rings. The third kappa shape index (κ3) is 5.95. The molecule has 0 aromatic heterocycles. The van der Waals surface area contributed by atoms with E-state index in [9.17, 15) is 18.0 Å². The fourth-order valence-corrected chi connectivity index (χ4v) is 3.80. The number of hydrogen-bond donors (Lipinski definition) is 1. The number of esters is 1. The van der Waals surface area contributed by atoms with Crippen molar-refractivity contribution >= 4 is 50.6 Å². The molecule has 0 heterocycles. The molecule has 0 spiro atoms. The van der Waals surface area contributed by atoms with Crippen LogP contribution in [0.25, 0.3) is 0 Å². The van der Waals surface area contributed by atoms with Crippen LogP contribution in [0.5, 0.6) is 0 Å². The Morgan fingerprint density at radius 1 is 1.11 bits per heavy atom. The maximum atomic E-state index is 12.3. The van der Waals surface area contributed by atoms with Gasteiger partial charge in [-0.1, -0.05) is 47.0 Å². The average Bonchev–Trinajstić information content (AvgIpc) is 2.64. The SMILES string of the molecule is Cc1ccc(S(=O)(=O)CCC(=O)OC(C)C(=O)Nc2cccc(Cl)c2Cl)cc1. The number of hydrogen-bond acceptors (Lipinski definition) is 5. The lowest BCUT2D eigenvalue weighted by Crippen LogP contribution is -2.30. The van der Waals surface area contributed by atoms with Gasteiger partial charge in [0, 0.05) is 0 Å². The first-order chi connectivity index (χ1) is 13.1. The van der Waals surface area contributed by atoms with Gasteiger partial charge in [-0.05, 0) is 38.1 Å². The van der Waals surface area contributed by atoms with Crippen molar-refractivity contribution in [3.05, 3.63) is 58.1 Å². The highest BCUT2D eigenvalue weighted by Crippen LogP contribution is 2.29. The van der Waals surface area contributed by atoms with Gasteiger partial charge in [0.25, 0.3) is 5.91 Å². The van der Waals surface area contributed by atoms with Crippen LogP contribution in [0, 0.1) is 6.92 Å². The number of carbonyl (C=O) groups is 2. The second-order valence-corrected chi connectivity index (χ2v) is 9.00. The second kappa shape index (κ2) is 9.41. The molecule has 150 valence electrons. The third-order valence-corrected chi connectivity index (χ3v) is 6.39. The molecule has 1 N–H and O–H groups in total. The topological polar surface area (TPSA) is 89.5 Å². The molecule has 1 unspecified atom stereocenters. The first kappa shape index (κ1) is 22.2. The van der Waals surface area contributed by atoms with Gasteiger partial charge >= 0.3 is 5.97 Å². The van der Waals surface area contributed by atoms with Crippen LogP contribution >= 0.6 is 23.2 Å². The molecular formula is C19H19Cl2NO5S. The number of benzene rings is 2. The minimum atomic E-state index is -3.62. The lowest BCUT2D eigenvalue weighted by molar-refractivity contribution is -0.152. The maximum absolute atomic E-state index is 12.3. The van der Waals surface area contributed by atoms with Gasteiger partial charge in [0.2, 0.25) is 0 Å². The Kier molecular flexibility index (Phi) is 7.46. The van der Waals surface area contributed by atoms with E-state index in [2.05, 4.69) is 5.32 Å². The molecule has 0 aliphatic rings. The first-order valence-electron chi connectivity index (χ1n) is 8.34. The Morgan fingerprint density at radius 3 is 2.39 bits per heavy atom. The van der Waals surface area contributed by atoms with Gasteiger partial charge in [0.05, 0.1) is 32.8 Å². The van der Waals surface area contributed by atoms with Gasteiger partial charge in [-0.15, -0.1) is 0 Å². The summed E-state index contributed by atoms with van der Waals surface area (Å²) in [5, 5.41) is 2.94. The van der Waals surface area contributed by atoms with Crippen LogP contribution in [0.15, 0.2) is 47.4 Å². The lowest BCUT2D eigenvalue weighted by atomic mass is 10.2. The number of anilines is 1. The van der Waals surface area contributed by atoms with Gasteiger partial charge in [-0.2, -0.15) is 0 Å². The molecule has 0 fully saturated rings. The summed E-state index contributed by atoms with van der Waals surface area (Å²) < 4.78 is 29.5. The Bertz CT molecular complexity index is 974. The van der Waals surface area contributed by atoms with Crippen LogP contribution in [0.3, 0.4) is 0 Å². The van der Waals surface area contributed by atoms with Crippen LogP contribution in [-0.2, 0) is 24.2 Å². The van der Waals surface area contributed by atoms with Crippen molar-refractivity contribution in [3.63, 3.8) is 0 Å². The summed E-state index contributed by atoms with van der Waals surface area (Å²) in [4.78, 5) is 24.2. The highest BCUT2D eigenvalue weighted by molar-refractivity contribution is 7.91. The molecule has 28 heavy (non-hydrogen) atoms.